The van der Waals surface area contributed by atoms with Gasteiger partial charge in [-0.25, -0.2) is 4.90 Å². The quantitative estimate of drug-likeness (QED) is 0.580. The number of fused-ring (bicyclic) bond motifs is 1. The molecule has 1 atom stereocenters. The highest BCUT2D eigenvalue weighted by Gasteiger charge is 2.39. The Kier molecular flexibility index (Phi) is 5.54. The molecule has 2 amide bonds. The summed E-state index contributed by atoms with van der Waals surface area (Å²) in [5, 5.41) is 0. The van der Waals surface area contributed by atoms with Crippen molar-refractivity contribution in [3.63, 3.8) is 0 Å². The third-order valence-corrected chi connectivity index (χ3v) is 4.45. The molecule has 2 aromatic carbocycles. The lowest BCUT2D eigenvalue weighted by Gasteiger charge is -2.31. The number of ether oxygens (including phenoxy) is 2. The van der Waals surface area contributed by atoms with E-state index >= 15 is 0 Å². The molecule has 0 aliphatic carbocycles. The predicted molar refractivity (Wildman–Crippen MR) is 104 cm³/mol. The van der Waals surface area contributed by atoms with E-state index in [0.29, 0.717) is 34.9 Å². The van der Waals surface area contributed by atoms with Crippen LogP contribution in [0, 0.1) is 0 Å². The number of hydrogen-bond acceptors (Lipinski definition) is 5. The Balaban J connectivity index is 2.09. The van der Waals surface area contributed by atoms with Crippen LogP contribution in [0.2, 0.25) is 0 Å². The number of benzene rings is 2. The van der Waals surface area contributed by atoms with Gasteiger partial charge in [-0.05, 0) is 30.2 Å². The van der Waals surface area contributed by atoms with Crippen LogP contribution >= 0.6 is 0 Å². The van der Waals surface area contributed by atoms with E-state index in [1.54, 1.807) is 42.6 Å². The molecule has 1 unspecified atom stereocenters. The van der Waals surface area contributed by atoms with E-state index in [0.717, 1.165) is 6.42 Å². The summed E-state index contributed by atoms with van der Waals surface area (Å²) in [5.74, 6) is -0.308. The average molecular weight is 366 g/mol. The summed E-state index contributed by atoms with van der Waals surface area (Å²) in [6.07, 6.45) is 2.53. The molecule has 1 aliphatic rings. The van der Waals surface area contributed by atoms with Gasteiger partial charge in [0.25, 0.3) is 5.91 Å². The van der Waals surface area contributed by atoms with Gasteiger partial charge in [-0.2, -0.15) is 0 Å². The minimum absolute atomic E-state index is 0.328. The summed E-state index contributed by atoms with van der Waals surface area (Å²) >= 11 is 0. The topological polar surface area (TPSA) is 68.2 Å². The molecular formula is C21H22N2O4. The monoisotopic (exact) mass is 366 g/mol. The molecule has 2 aromatic rings. The fourth-order valence-corrected chi connectivity index (χ4v) is 3.12. The second kappa shape index (κ2) is 8.03. The summed E-state index contributed by atoms with van der Waals surface area (Å²) in [7, 11) is 3.04. The maximum atomic E-state index is 13.2. The van der Waals surface area contributed by atoms with Crippen LogP contribution in [-0.4, -0.2) is 38.8 Å². The van der Waals surface area contributed by atoms with Gasteiger partial charge in [0.15, 0.2) is 11.5 Å². The lowest BCUT2D eigenvalue weighted by Crippen LogP contribution is -2.45. The first-order chi connectivity index (χ1) is 13.1. The van der Waals surface area contributed by atoms with E-state index in [1.165, 1.54) is 19.1 Å². The largest absolute Gasteiger partial charge is 0.493 e. The van der Waals surface area contributed by atoms with E-state index in [2.05, 4.69) is 4.99 Å². The molecule has 1 heterocycles. The van der Waals surface area contributed by atoms with E-state index in [4.69, 9.17) is 9.47 Å². The number of rotatable bonds is 6. The molecule has 0 saturated heterocycles. The van der Waals surface area contributed by atoms with Crippen molar-refractivity contribution in [2.45, 2.75) is 19.3 Å². The second-order valence-corrected chi connectivity index (χ2v) is 6.14. The van der Waals surface area contributed by atoms with Gasteiger partial charge < -0.3 is 9.47 Å². The van der Waals surface area contributed by atoms with Gasteiger partial charge >= 0.3 is 0 Å². The minimum Gasteiger partial charge on any atom is -0.493 e. The van der Waals surface area contributed by atoms with Crippen LogP contribution in [0.1, 0.15) is 35.2 Å². The van der Waals surface area contributed by atoms with Crippen molar-refractivity contribution in [3.8, 4) is 11.5 Å². The van der Waals surface area contributed by atoms with E-state index in [1.807, 2.05) is 13.0 Å². The molecule has 0 radical (unpaired) electrons. The first kappa shape index (κ1) is 18.6. The maximum Gasteiger partial charge on any atom is 0.265 e. The molecule has 3 rings (SSSR count). The zero-order valence-electron chi connectivity index (χ0n) is 15.6. The van der Waals surface area contributed by atoms with Gasteiger partial charge in [0.2, 0.25) is 5.91 Å². The van der Waals surface area contributed by atoms with Gasteiger partial charge in [0.1, 0.15) is 0 Å². The molecule has 0 fully saturated rings. The Labute approximate surface area is 158 Å². The number of nitrogens with zero attached hydrogens (tertiary/aromatic N) is 2. The Morgan fingerprint density at radius 3 is 2.52 bits per heavy atom. The standard InChI is InChI=1S/C21H22N2O4/c1-4-11-22-13-17-15-7-5-6-8-16(15)20(24)23(21(17)25)14-9-10-18(26-2)19(12-14)27-3/h5-10,12-13,17H,4,11H2,1-3H3. The molecule has 0 N–H and O–H groups in total. The average Bonchev–Trinajstić information content (AvgIpc) is 2.70. The van der Waals surface area contributed by atoms with Gasteiger partial charge in [0.05, 0.1) is 25.8 Å². The van der Waals surface area contributed by atoms with Crippen molar-refractivity contribution in [2.75, 3.05) is 25.7 Å². The number of imide groups is 1. The van der Waals surface area contributed by atoms with E-state index in [9.17, 15) is 9.59 Å². The van der Waals surface area contributed by atoms with E-state index in [-0.39, 0.29) is 11.8 Å². The van der Waals surface area contributed by atoms with Gasteiger partial charge in [-0.15, -0.1) is 0 Å². The van der Waals surface area contributed by atoms with Crippen LogP contribution in [0.15, 0.2) is 47.5 Å². The fraction of sp³-hybridized carbons (Fsp3) is 0.286. The Bertz CT molecular complexity index is 892. The summed E-state index contributed by atoms with van der Waals surface area (Å²) < 4.78 is 10.6. The van der Waals surface area contributed by atoms with Crippen LogP contribution < -0.4 is 14.4 Å². The Morgan fingerprint density at radius 2 is 1.81 bits per heavy atom. The van der Waals surface area contributed by atoms with Crippen molar-refractivity contribution in [1.29, 1.82) is 0 Å². The highest BCUT2D eigenvalue weighted by molar-refractivity contribution is 6.29. The van der Waals surface area contributed by atoms with Crippen molar-refractivity contribution in [1.82, 2.24) is 0 Å². The third kappa shape index (κ3) is 3.43. The molecule has 0 aromatic heterocycles. The Hall–Kier alpha value is -3.15. The highest BCUT2D eigenvalue weighted by Crippen LogP contribution is 2.36. The van der Waals surface area contributed by atoms with Crippen LogP contribution in [0.5, 0.6) is 11.5 Å². The van der Waals surface area contributed by atoms with Crippen molar-refractivity contribution in [3.05, 3.63) is 53.6 Å². The molecule has 27 heavy (non-hydrogen) atoms. The zero-order chi connectivity index (χ0) is 19.4. The van der Waals surface area contributed by atoms with Crippen LogP contribution in [0.3, 0.4) is 0 Å². The molecule has 6 nitrogen and oxygen atoms in total. The number of carbonyl (C=O) groups is 2. The number of carbonyl (C=O) groups excluding carboxylic acids is 2. The SMILES string of the molecule is CCCN=CC1C(=O)N(c2ccc(OC)c(OC)c2)C(=O)c2ccccc21. The summed E-state index contributed by atoms with van der Waals surface area (Å²) in [6.45, 7) is 2.66. The number of anilines is 1. The summed E-state index contributed by atoms with van der Waals surface area (Å²) in [4.78, 5) is 31.8. The fourth-order valence-electron chi connectivity index (χ4n) is 3.12. The first-order valence-corrected chi connectivity index (χ1v) is 8.81. The van der Waals surface area contributed by atoms with Crippen molar-refractivity contribution < 1.29 is 19.1 Å². The zero-order valence-corrected chi connectivity index (χ0v) is 15.6. The van der Waals surface area contributed by atoms with Crippen LogP contribution in [-0.2, 0) is 4.79 Å². The maximum absolute atomic E-state index is 13.2. The predicted octanol–water partition coefficient (Wildman–Crippen LogP) is 3.46. The lowest BCUT2D eigenvalue weighted by atomic mass is 9.89. The molecule has 6 heteroatoms. The second-order valence-electron chi connectivity index (χ2n) is 6.14. The third-order valence-electron chi connectivity index (χ3n) is 4.45. The van der Waals surface area contributed by atoms with Crippen LogP contribution in [0.25, 0.3) is 0 Å². The summed E-state index contributed by atoms with van der Waals surface area (Å²) in [6, 6.07) is 12.1. The minimum atomic E-state index is -0.599. The number of hydrogen-bond donors (Lipinski definition) is 0. The number of methoxy groups -OCH3 is 2. The van der Waals surface area contributed by atoms with Gasteiger partial charge in [-0.3, -0.25) is 14.6 Å². The highest BCUT2D eigenvalue weighted by atomic mass is 16.5. The Morgan fingerprint density at radius 1 is 1.07 bits per heavy atom. The normalized spacial score (nSPS) is 16.6. The molecule has 140 valence electrons. The molecule has 0 spiro atoms. The molecule has 0 saturated carbocycles. The van der Waals surface area contributed by atoms with E-state index < -0.39 is 5.92 Å². The van der Waals surface area contributed by atoms with Crippen LogP contribution in [0.4, 0.5) is 5.69 Å². The number of amides is 2. The molecular weight excluding hydrogens is 344 g/mol. The molecule has 0 bridgehead atoms. The summed E-state index contributed by atoms with van der Waals surface area (Å²) in [5.41, 5.74) is 1.62. The van der Waals surface area contributed by atoms with Gasteiger partial charge in [0, 0.05) is 24.4 Å². The number of aliphatic imine (C=N–C) groups is 1. The molecule has 1 aliphatic heterocycles. The lowest BCUT2D eigenvalue weighted by molar-refractivity contribution is -0.118. The van der Waals surface area contributed by atoms with Crippen molar-refractivity contribution >= 4 is 23.7 Å². The first-order valence-electron chi connectivity index (χ1n) is 8.81. The van der Waals surface area contributed by atoms with Gasteiger partial charge in [-0.1, -0.05) is 25.1 Å². The smallest absolute Gasteiger partial charge is 0.265 e. The van der Waals surface area contributed by atoms with Crippen molar-refractivity contribution in [2.24, 2.45) is 4.99 Å².